The van der Waals surface area contributed by atoms with Gasteiger partial charge in [-0.25, -0.2) is 10.6 Å². The molecule has 0 saturated carbocycles. The number of hydrogen-bond donors (Lipinski definition) is 3. The summed E-state index contributed by atoms with van der Waals surface area (Å²) in [7, 11) is -1.83. The van der Waals surface area contributed by atoms with Crippen molar-refractivity contribution in [1.82, 2.24) is 0 Å². The van der Waals surface area contributed by atoms with E-state index in [1.807, 2.05) is 0 Å². The number of carbonyl (C=O) groups is 2. The Kier molecular flexibility index (Phi) is 5.09. The number of hydrogen-bond acceptors (Lipinski definition) is 4. The van der Waals surface area contributed by atoms with Crippen LogP contribution in [-0.4, -0.2) is 27.5 Å². The highest BCUT2D eigenvalue weighted by Crippen LogP contribution is 2.03. The minimum Gasteiger partial charge on any atom is -0.481 e. The first-order valence-corrected chi connectivity index (χ1v) is 4.65. The fourth-order valence-corrected chi connectivity index (χ4v) is 1.27. The van der Waals surface area contributed by atoms with Crippen LogP contribution in [0.5, 0.6) is 0 Å². The molecule has 7 heteroatoms. The molecule has 4 N–H and O–H groups in total. The molecule has 0 spiro atoms. The quantitative estimate of drug-likeness (QED) is 0.403. The van der Waals surface area contributed by atoms with Crippen LogP contribution in [0.1, 0.15) is 12.8 Å². The third-order valence-corrected chi connectivity index (χ3v) is 1.88. The van der Waals surface area contributed by atoms with Crippen molar-refractivity contribution in [2.45, 2.75) is 12.8 Å². The van der Waals surface area contributed by atoms with Crippen LogP contribution in [-0.2, 0) is 24.4 Å². The molecule has 0 aromatic heterocycles. The van der Waals surface area contributed by atoms with Gasteiger partial charge in [-0.05, 0) is 6.42 Å². The van der Waals surface area contributed by atoms with Crippen molar-refractivity contribution >= 4 is 27.9 Å². The smallest absolute Gasteiger partial charge is 0.308 e. The molecule has 0 rings (SSSR count). The van der Waals surface area contributed by atoms with E-state index >= 15 is 0 Å². The molecule has 76 valence electrons. The summed E-state index contributed by atoms with van der Waals surface area (Å²) < 4.78 is 10.4. The first kappa shape index (κ1) is 11.9. The maximum Gasteiger partial charge on any atom is 0.308 e. The molecule has 1 unspecified atom stereocenters. The first-order chi connectivity index (χ1) is 5.93. The van der Waals surface area contributed by atoms with Crippen molar-refractivity contribution in [3.8, 4) is 0 Å². The van der Waals surface area contributed by atoms with Crippen LogP contribution in [0.4, 0.5) is 0 Å². The van der Waals surface area contributed by atoms with Gasteiger partial charge in [0.2, 0.25) is 0 Å². The normalized spacial score (nSPS) is 15.2. The third-order valence-electron chi connectivity index (χ3n) is 1.28. The van der Waals surface area contributed by atoms with E-state index in [1.54, 1.807) is 0 Å². The van der Waals surface area contributed by atoms with E-state index in [2.05, 4.69) is 0 Å². The van der Waals surface area contributed by atoms with Crippen LogP contribution in [0, 0.1) is 5.92 Å². The van der Waals surface area contributed by atoms with Crippen molar-refractivity contribution < 1.29 is 24.0 Å². The van der Waals surface area contributed by atoms with E-state index in [9.17, 15) is 13.8 Å². The van der Waals surface area contributed by atoms with Crippen LogP contribution in [0.3, 0.4) is 0 Å². The summed E-state index contributed by atoms with van der Waals surface area (Å²) >= 11 is 0. The Morgan fingerprint density at radius 3 is 2.31 bits per heavy atom. The summed E-state index contributed by atoms with van der Waals surface area (Å²) in [6, 6.07) is 0. The van der Waals surface area contributed by atoms with Crippen LogP contribution < -0.4 is 5.14 Å². The van der Waals surface area contributed by atoms with Crippen molar-refractivity contribution in [2.75, 3.05) is 0 Å². The molecule has 0 aliphatic carbocycles. The molecule has 0 aliphatic rings. The number of carboxylic acids is 2. The zero-order chi connectivity index (χ0) is 10.4. The average molecular weight is 208 g/mol. The number of aliphatic carboxylic acids is 2. The Morgan fingerprint density at radius 2 is 2.00 bits per heavy atom. The van der Waals surface area contributed by atoms with Gasteiger partial charge in [0.15, 0.2) is 0 Å². The van der Waals surface area contributed by atoms with Gasteiger partial charge in [0.05, 0.1) is 5.92 Å². The summed E-state index contributed by atoms with van der Waals surface area (Å²) in [4.78, 5) is 20.5. The summed E-state index contributed by atoms with van der Waals surface area (Å²) in [5.41, 5.74) is 0. The molecule has 0 fully saturated rings. The maximum atomic E-state index is 10.4. The van der Waals surface area contributed by atoms with E-state index in [-0.39, 0.29) is 12.8 Å². The van der Waals surface area contributed by atoms with Crippen molar-refractivity contribution in [2.24, 2.45) is 11.1 Å². The van der Waals surface area contributed by atoms with Gasteiger partial charge in [-0.15, -0.1) is 0 Å². The summed E-state index contributed by atoms with van der Waals surface area (Å²) in [5, 5.41) is 22.5. The van der Waals surface area contributed by atoms with Gasteiger partial charge < -0.3 is 19.6 Å². The SMILES string of the molecule is N[S-](=O)=CC(CCC(=O)O)C(=O)O. The lowest BCUT2D eigenvalue weighted by Gasteiger charge is -2.07. The van der Waals surface area contributed by atoms with Crippen LogP contribution in [0.25, 0.3) is 0 Å². The van der Waals surface area contributed by atoms with Crippen molar-refractivity contribution in [3.05, 3.63) is 0 Å². The van der Waals surface area contributed by atoms with Gasteiger partial charge in [-0.2, -0.15) is 5.37 Å². The van der Waals surface area contributed by atoms with Crippen LogP contribution in [0.15, 0.2) is 0 Å². The lowest BCUT2D eigenvalue weighted by Crippen LogP contribution is -2.18. The molecular weight excluding hydrogens is 198 g/mol. The van der Waals surface area contributed by atoms with Crippen molar-refractivity contribution in [3.63, 3.8) is 0 Å². The van der Waals surface area contributed by atoms with Gasteiger partial charge >= 0.3 is 11.9 Å². The standard InChI is InChI=1S/C6H10NO5S/c7-13(12)3-4(6(10)11)1-2-5(8)9/h3-4H,1-2H2,(H2,7,12)(H,8,9)(H,10,11)/q-1. The van der Waals surface area contributed by atoms with E-state index in [0.29, 0.717) is 0 Å². The monoisotopic (exact) mass is 208 g/mol. The molecule has 0 aromatic rings. The Balaban J connectivity index is 4.28. The highest BCUT2D eigenvalue weighted by molar-refractivity contribution is 7.81. The second kappa shape index (κ2) is 5.55. The van der Waals surface area contributed by atoms with Crippen LogP contribution >= 0.6 is 0 Å². The summed E-state index contributed by atoms with van der Waals surface area (Å²) in [6.07, 6.45) is -0.391. The molecule has 0 aromatic carbocycles. The molecule has 0 amide bonds. The van der Waals surface area contributed by atoms with E-state index in [0.717, 1.165) is 5.37 Å². The lowest BCUT2D eigenvalue weighted by atomic mass is 10.1. The Labute approximate surface area is 76.5 Å². The van der Waals surface area contributed by atoms with E-state index < -0.39 is 28.4 Å². The van der Waals surface area contributed by atoms with E-state index in [1.165, 1.54) is 0 Å². The molecule has 13 heavy (non-hydrogen) atoms. The van der Waals surface area contributed by atoms with Gasteiger partial charge in [0.1, 0.15) is 0 Å². The molecule has 0 saturated heterocycles. The lowest BCUT2D eigenvalue weighted by molar-refractivity contribution is -0.140. The average Bonchev–Trinajstić information content (AvgIpc) is 1.96. The van der Waals surface area contributed by atoms with Gasteiger partial charge in [-0.1, -0.05) is 0 Å². The predicted octanol–water partition coefficient (Wildman–Crippen LogP) is -0.808. The molecule has 1 atom stereocenters. The van der Waals surface area contributed by atoms with Crippen LogP contribution in [0.2, 0.25) is 0 Å². The zero-order valence-corrected chi connectivity index (χ0v) is 7.49. The topological polar surface area (TPSA) is 118 Å². The molecule has 0 radical (unpaired) electrons. The first-order valence-electron chi connectivity index (χ1n) is 3.38. The predicted molar refractivity (Wildman–Crippen MR) is 46.3 cm³/mol. The Hall–Kier alpha value is -1.08. The summed E-state index contributed by atoms with van der Waals surface area (Å²) in [6.45, 7) is 0. The molecule has 0 bridgehead atoms. The van der Waals surface area contributed by atoms with Gasteiger partial charge in [0.25, 0.3) is 0 Å². The Bertz CT molecular complexity index is 281. The third kappa shape index (κ3) is 6.12. The van der Waals surface area contributed by atoms with E-state index in [4.69, 9.17) is 15.4 Å². The Morgan fingerprint density at radius 1 is 1.46 bits per heavy atom. The molecule has 0 heterocycles. The maximum absolute atomic E-state index is 10.4. The second-order valence-corrected chi connectivity index (χ2v) is 3.27. The van der Waals surface area contributed by atoms with Gasteiger partial charge in [0, 0.05) is 6.42 Å². The fraction of sp³-hybridized carbons (Fsp3) is 0.500. The molecule has 0 aliphatic heterocycles. The number of carboxylic acid groups (broad SMARTS) is 2. The largest absolute Gasteiger partial charge is 0.481 e. The fourth-order valence-electron chi connectivity index (χ4n) is 0.691. The summed E-state index contributed by atoms with van der Waals surface area (Å²) in [5.74, 6) is -3.38. The van der Waals surface area contributed by atoms with Gasteiger partial charge in [-0.3, -0.25) is 9.59 Å². The molecule has 6 nitrogen and oxygen atoms in total. The zero-order valence-electron chi connectivity index (χ0n) is 6.67. The molecular formula is C6H10NO5S-. The highest BCUT2D eigenvalue weighted by atomic mass is 32.2. The second-order valence-electron chi connectivity index (χ2n) is 2.34. The highest BCUT2D eigenvalue weighted by Gasteiger charge is 2.13. The van der Waals surface area contributed by atoms with Crippen molar-refractivity contribution in [1.29, 1.82) is 0 Å². The number of rotatable bonds is 5. The number of nitrogens with two attached hydrogens (primary N) is 1. The minimum atomic E-state index is -1.83. The minimum absolute atomic E-state index is 0.104.